The van der Waals surface area contributed by atoms with Gasteiger partial charge in [0.25, 0.3) is 20.2 Å². The van der Waals surface area contributed by atoms with E-state index in [-0.39, 0.29) is 16.2 Å². The summed E-state index contributed by atoms with van der Waals surface area (Å²) in [6, 6.07) is 18.6. The molecule has 0 spiro atoms. The monoisotopic (exact) mass is 823 g/mol. The van der Waals surface area contributed by atoms with Crippen LogP contribution in [0.1, 0.15) is 82.9 Å². The van der Waals surface area contributed by atoms with Crippen molar-refractivity contribution in [1.29, 1.82) is 0 Å². The normalized spacial score (nSPS) is 16.4. The predicted octanol–water partition coefficient (Wildman–Crippen LogP) is 7.73. The van der Waals surface area contributed by atoms with Crippen molar-refractivity contribution in [1.82, 2.24) is 9.97 Å². The minimum Gasteiger partial charge on any atom is -0.481 e. The molecule has 4 heterocycles. The van der Waals surface area contributed by atoms with Crippen molar-refractivity contribution in [2.75, 3.05) is 18.0 Å². The lowest BCUT2D eigenvalue weighted by atomic mass is 9.81. The fraction of sp³-hybridized carbons (Fsp3) is 0.318. The van der Waals surface area contributed by atoms with Crippen LogP contribution >= 0.6 is 0 Å². The maximum absolute atomic E-state index is 12.2. The molecular weight excluding hydrogens is 777 g/mol. The first-order chi connectivity index (χ1) is 27.4. The zero-order chi connectivity index (χ0) is 41.9. The Balaban J connectivity index is 1.29. The molecule has 2 aliphatic heterocycles. The topological polar surface area (TPSA) is 178 Å². The molecule has 58 heavy (non-hydrogen) atoms. The molecule has 2 aliphatic rings. The molecule has 12 nitrogen and oxygen atoms in total. The van der Waals surface area contributed by atoms with Gasteiger partial charge in [-0.1, -0.05) is 37.8 Å². The number of aliphatic carboxylic acids is 1. The van der Waals surface area contributed by atoms with Crippen LogP contribution in [0.25, 0.3) is 11.4 Å². The molecule has 4 aromatic rings. The van der Waals surface area contributed by atoms with Crippen LogP contribution in [0.15, 0.2) is 113 Å². The number of nitrogens with zero attached hydrogens (tertiary/aromatic N) is 4. The van der Waals surface area contributed by atoms with Crippen LogP contribution in [-0.2, 0) is 35.9 Å². The molecule has 0 bridgehead atoms. The summed E-state index contributed by atoms with van der Waals surface area (Å²) in [4.78, 5) is 21.7. The van der Waals surface area contributed by atoms with Crippen LogP contribution in [0, 0.1) is 11.8 Å². The molecule has 14 heteroatoms. The lowest BCUT2D eigenvalue weighted by molar-refractivity contribution is -0.438. The predicted molar refractivity (Wildman–Crippen MR) is 223 cm³/mol. The zero-order valence-electron chi connectivity index (χ0n) is 32.9. The Hall–Kier alpha value is -5.46. The van der Waals surface area contributed by atoms with Gasteiger partial charge in [0, 0.05) is 78.3 Å². The number of aromatic nitrogens is 2. The van der Waals surface area contributed by atoms with Crippen molar-refractivity contribution in [3.05, 3.63) is 120 Å². The van der Waals surface area contributed by atoms with Crippen molar-refractivity contribution in [2.24, 2.45) is 0 Å². The highest BCUT2D eigenvalue weighted by Gasteiger charge is 2.45. The summed E-state index contributed by atoms with van der Waals surface area (Å²) in [6.07, 6.45) is 12.6. The summed E-state index contributed by atoms with van der Waals surface area (Å²) >= 11 is 0. The lowest BCUT2D eigenvalue weighted by Gasteiger charge is -2.27. The Morgan fingerprint density at radius 2 is 1.52 bits per heavy atom. The number of benzene rings is 2. The van der Waals surface area contributed by atoms with E-state index in [0.29, 0.717) is 37.9 Å². The Morgan fingerprint density at radius 1 is 0.810 bits per heavy atom. The molecule has 0 radical (unpaired) electrons. The minimum atomic E-state index is -4.45. The van der Waals surface area contributed by atoms with Gasteiger partial charge >= 0.3 is 5.97 Å². The highest BCUT2D eigenvalue weighted by atomic mass is 32.2. The molecule has 0 amide bonds. The standard InChI is InChI=1S/C44H46N4O8S2/c1-43(2)34-29-32(57(51,52)53)19-21-38(34)47(26-11-6-5-7-14-31-23-25-46-37(28-31)36-15-8-10-24-45-36)40(43)16-13-17-41-44(3,4)35-30-33(58(54,55)56)20-22-39(35)48(41)27-12-9-18-42(49)50/h8,10,13,15-17,19-25,28-30H,5-6,9,11-12,18,26-27H2,1-4H3,(H2-,49,50,51,52,53,54,55,56)/p+1. The Labute approximate surface area is 340 Å². The summed E-state index contributed by atoms with van der Waals surface area (Å²) in [6.45, 7) is 9.06. The number of hydrogen-bond acceptors (Lipinski definition) is 8. The number of carboxylic acid groups (broad SMARTS) is 1. The van der Waals surface area contributed by atoms with Gasteiger partial charge in [-0.2, -0.15) is 21.4 Å². The number of unbranched alkanes of at least 4 members (excludes halogenated alkanes) is 3. The first-order valence-corrected chi connectivity index (χ1v) is 21.9. The highest BCUT2D eigenvalue weighted by molar-refractivity contribution is 7.86. The molecule has 0 aliphatic carbocycles. The van der Waals surface area contributed by atoms with E-state index in [9.17, 15) is 35.8 Å². The Morgan fingerprint density at radius 3 is 2.21 bits per heavy atom. The number of fused-ring (bicyclic) bond motifs is 2. The van der Waals surface area contributed by atoms with Crippen molar-refractivity contribution in [2.45, 2.75) is 86.8 Å². The number of carboxylic acids is 1. The quantitative estimate of drug-likeness (QED) is 0.0491. The van der Waals surface area contributed by atoms with Gasteiger partial charge in [-0.05, 0) is 99.3 Å². The summed E-state index contributed by atoms with van der Waals surface area (Å²) in [5, 5.41) is 9.21. The summed E-state index contributed by atoms with van der Waals surface area (Å²) in [5.74, 6) is 5.64. The highest BCUT2D eigenvalue weighted by Crippen LogP contribution is 2.49. The number of pyridine rings is 2. The van der Waals surface area contributed by atoms with Gasteiger partial charge < -0.3 is 10.0 Å². The van der Waals surface area contributed by atoms with Gasteiger partial charge in [-0.3, -0.25) is 23.9 Å². The molecule has 0 unspecified atom stereocenters. The van der Waals surface area contributed by atoms with E-state index in [0.717, 1.165) is 58.1 Å². The maximum atomic E-state index is 12.2. The maximum Gasteiger partial charge on any atom is 0.303 e. The molecule has 0 saturated carbocycles. The fourth-order valence-corrected chi connectivity index (χ4v) is 8.71. The van der Waals surface area contributed by atoms with E-state index < -0.39 is 37.0 Å². The third kappa shape index (κ3) is 9.13. The molecular formula is C44H47N4O8S2+. The number of rotatable bonds is 14. The van der Waals surface area contributed by atoms with E-state index in [2.05, 4.69) is 31.3 Å². The largest absolute Gasteiger partial charge is 0.481 e. The second-order valence-electron chi connectivity index (χ2n) is 15.4. The smallest absolute Gasteiger partial charge is 0.303 e. The number of hydrogen-bond donors (Lipinski definition) is 3. The van der Waals surface area contributed by atoms with E-state index in [1.807, 2.05) is 76.3 Å². The SMILES string of the molecule is CC1(C)C(/C=C/C=C2/N(CCCCC(=O)O)c3ccc(S(=O)(=O)O)cc3C2(C)C)=[N+](CCCCC#Cc2ccnc(-c3ccccn3)c2)c2ccc(S(=O)(=O)O)cc21. The Kier molecular flexibility index (Phi) is 12.2. The lowest BCUT2D eigenvalue weighted by Crippen LogP contribution is -2.28. The summed E-state index contributed by atoms with van der Waals surface area (Å²) < 4.78 is 70.5. The molecule has 0 atom stereocenters. The van der Waals surface area contributed by atoms with Gasteiger partial charge in [-0.15, -0.1) is 0 Å². The number of anilines is 1. The number of carbonyl (C=O) groups is 1. The fourth-order valence-electron chi connectivity index (χ4n) is 7.70. The van der Waals surface area contributed by atoms with Crippen LogP contribution < -0.4 is 4.90 Å². The molecule has 2 aromatic carbocycles. The molecule has 0 fully saturated rings. The van der Waals surface area contributed by atoms with E-state index in [4.69, 9.17) is 0 Å². The van der Waals surface area contributed by atoms with Gasteiger partial charge in [0.2, 0.25) is 5.69 Å². The van der Waals surface area contributed by atoms with Crippen LogP contribution in [-0.4, -0.2) is 70.4 Å². The van der Waals surface area contributed by atoms with E-state index in [1.54, 1.807) is 24.5 Å². The van der Waals surface area contributed by atoms with Gasteiger partial charge in [0.05, 0.1) is 26.6 Å². The molecule has 2 aromatic heterocycles. The molecule has 6 rings (SSSR count). The number of allylic oxidation sites excluding steroid dienone is 4. The first-order valence-electron chi connectivity index (χ1n) is 19.0. The summed E-state index contributed by atoms with van der Waals surface area (Å²) in [7, 11) is -8.90. The van der Waals surface area contributed by atoms with Crippen LogP contribution in [0.2, 0.25) is 0 Å². The average molecular weight is 824 g/mol. The molecule has 302 valence electrons. The first kappa shape index (κ1) is 42.2. The molecule has 3 N–H and O–H groups in total. The van der Waals surface area contributed by atoms with E-state index >= 15 is 0 Å². The van der Waals surface area contributed by atoms with Crippen molar-refractivity contribution in [3.63, 3.8) is 0 Å². The second kappa shape index (κ2) is 16.8. The third-order valence-corrected chi connectivity index (χ3v) is 12.4. The van der Waals surface area contributed by atoms with Crippen molar-refractivity contribution in [3.8, 4) is 23.2 Å². The van der Waals surface area contributed by atoms with Crippen LogP contribution in [0.3, 0.4) is 0 Å². The van der Waals surface area contributed by atoms with Gasteiger partial charge in [0.15, 0.2) is 5.71 Å². The Bertz CT molecular complexity index is 2620. The van der Waals surface area contributed by atoms with Crippen LogP contribution in [0.4, 0.5) is 11.4 Å². The van der Waals surface area contributed by atoms with E-state index in [1.165, 1.54) is 24.3 Å². The zero-order valence-corrected chi connectivity index (χ0v) is 34.5. The van der Waals surface area contributed by atoms with Gasteiger partial charge in [-0.25, -0.2) is 0 Å². The van der Waals surface area contributed by atoms with Crippen molar-refractivity contribution >= 4 is 43.3 Å². The summed E-state index contributed by atoms with van der Waals surface area (Å²) in [5.41, 5.74) is 5.86. The van der Waals surface area contributed by atoms with Gasteiger partial charge in [0.1, 0.15) is 6.54 Å². The second-order valence-corrected chi connectivity index (χ2v) is 18.3. The average Bonchev–Trinajstić information content (AvgIpc) is 3.52. The van der Waals surface area contributed by atoms with Crippen molar-refractivity contribution < 1.29 is 40.4 Å². The van der Waals surface area contributed by atoms with Crippen LogP contribution in [0.5, 0.6) is 0 Å². The third-order valence-electron chi connectivity index (χ3n) is 10.7. The molecule has 0 saturated heterocycles. The minimum absolute atomic E-state index is 0.0264.